The molecular formula is C20H18N2O4. The number of carbonyl (C=O) groups excluding carboxylic acids is 2. The lowest BCUT2D eigenvalue weighted by Crippen LogP contribution is -2.24. The molecule has 0 aliphatic heterocycles. The van der Waals surface area contributed by atoms with Crippen LogP contribution in [0, 0.1) is 6.92 Å². The first-order valence-corrected chi connectivity index (χ1v) is 8.06. The summed E-state index contributed by atoms with van der Waals surface area (Å²) in [5, 5.41) is 15.5. The Hall–Kier alpha value is -3.54. The summed E-state index contributed by atoms with van der Waals surface area (Å²) in [5.41, 5.74) is 1.42. The van der Waals surface area contributed by atoms with E-state index in [-0.39, 0.29) is 23.8 Å². The lowest BCUT2D eigenvalue weighted by atomic mass is 10.1. The highest BCUT2D eigenvalue weighted by Crippen LogP contribution is 2.23. The maximum atomic E-state index is 12.5. The largest absolute Gasteiger partial charge is 0.507 e. The third kappa shape index (κ3) is 3.75. The van der Waals surface area contributed by atoms with Crippen LogP contribution >= 0.6 is 0 Å². The molecule has 6 heteroatoms. The molecule has 2 amide bonds. The number of aromatic hydroxyl groups is 1. The number of para-hydroxylation sites is 2. The lowest BCUT2D eigenvalue weighted by Gasteiger charge is -2.12. The van der Waals surface area contributed by atoms with E-state index >= 15 is 0 Å². The molecule has 1 aromatic heterocycles. The second-order valence-corrected chi connectivity index (χ2v) is 5.73. The van der Waals surface area contributed by atoms with E-state index in [9.17, 15) is 14.7 Å². The number of benzene rings is 2. The van der Waals surface area contributed by atoms with Crippen LogP contribution in [0.5, 0.6) is 5.75 Å². The number of hydrogen-bond acceptors (Lipinski definition) is 4. The Balaban J connectivity index is 1.77. The highest BCUT2D eigenvalue weighted by atomic mass is 16.3. The average molecular weight is 350 g/mol. The minimum Gasteiger partial charge on any atom is -0.507 e. The van der Waals surface area contributed by atoms with Crippen molar-refractivity contribution >= 4 is 17.5 Å². The number of amides is 2. The van der Waals surface area contributed by atoms with Gasteiger partial charge in [-0.05, 0) is 42.8 Å². The van der Waals surface area contributed by atoms with Crippen LogP contribution in [-0.2, 0) is 6.54 Å². The van der Waals surface area contributed by atoms with E-state index in [0.29, 0.717) is 22.6 Å². The van der Waals surface area contributed by atoms with Crippen molar-refractivity contribution in [2.45, 2.75) is 13.5 Å². The molecule has 2 aromatic carbocycles. The van der Waals surface area contributed by atoms with Crippen molar-refractivity contribution in [1.82, 2.24) is 5.32 Å². The molecule has 0 atom stereocenters. The third-order valence-electron chi connectivity index (χ3n) is 3.91. The maximum Gasteiger partial charge on any atom is 0.259 e. The van der Waals surface area contributed by atoms with Gasteiger partial charge in [0.05, 0.1) is 29.6 Å². The predicted molar refractivity (Wildman–Crippen MR) is 97.1 cm³/mol. The topological polar surface area (TPSA) is 91.6 Å². The van der Waals surface area contributed by atoms with E-state index in [2.05, 4.69) is 10.6 Å². The molecule has 1 heterocycles. The van der Waals surface area contributed by atoms with Crippen LogP contribution in [0.2, 0.25) is 0 Å². The smallest absolute Gasteiger partial charge is 0.259 e. The number of rotatable bonds is 5. The van der Waals surface area contributed by atoms with Crippen molar-refractivity contribution in [3.63, 3.8) is 0 Å². The number of carbonyl (C=O) groups is 2. The van der Waals surface area contributed by atoms with Gasteiger partial charge in [-0.25, -0.2) is 0 Å². The molecule has 132 valence electrons. The molecule has 0 saturated heterocycles. The minimum atomic E-state index is -0.488. The van der Waals surface area contributed by atoms with Gasteiger partial charge >= 0.3 is 0 Å². The van der Waals surface area contributed by atoms with Crippen LogP contribution in [-0.4, -0.2) is 16.9 Å². The van der Waals surface area contributed by atoms with Gasteiger partial charge in [-0.2, -0.15) is 0 Å². The van der Waals surface area contributed by atoms with Crippen LogP contribution in [0.4, 0.5) is 5.69 Å². The average Bonchev–Trinajstić information content (AvgIpc) is 3.16. The zero-order valence-corrected chi connectivity index (χ0v) is 14.2. The van der Waals surface area contributed by atoms with Crippen LogP contribution in [0.1, 0.15) is 32.0 Å². The number of nitrogens with one attached hydrogen (secondary N) is 2. The van der Waals surface area contributed by atoms with Gasteiger partial charge in [0.2, 0.25) is 0 Å². The van der Waals surface area contributed by atoms with Crippen LogP contribution in [0.3, 0.4) is 0 Å². The highest BCUT2D eigenvalue weighted by Gasteiger charge is 2.17. The number of phenols is 1. The van der Waals surface area contributed by atoms with E-state index in [1.807, 2.05) is 0 Å². The van der Waals surface area contributed by atoms with Gasteiger partial charge in [0, 0.05) is 0 Å². The van der Waals surface area contributed by atoms with Gasteiger partial charge < -0.3 is 20.2 Å². The summed E-state index contributed by atoms with van der Waals surface area (Å²) in [6.07, 6.45) is 1.53. The van der Waals surface area contributed by atoms with Gasteiger partial charge in [-0.15, -0.1) is 0 Å². The SMILES string of the molecule is Cc1cccc(C(=O)Nc2ccccc2C(=O)NCc2ccco2)c1O. The van der Waals surface area contributed by atoms with E-state index in [0.717, 1.165) is 0 Å². The number of hydrogen-bond donors (Lipinski definition) is 3. The van der Waals surface area contributed by atoms with Gasteiger partial charge in [0.15, 0.2) is 0 Å². The number of anilines is 1. The van der Waals surface area contributed by atoms with Crippen LogP contribution in [0.15, 0.2) is 65.3 Å². The molecule has 0 saturated carbocycles. The Bertz CT molecular complexity index is 933. The fourth-order valence-electron chi connectivity index (χ4n) is 2.50. The van der Waals surface area contributed by atoms with Crippen LogP contribution in [0.25, 0.3) is 0 Å². The standard InChI is InChI=1S/C20H18N2O4/c1-13-6-4-9-16(18(13)23)20(25)22-17-10-3-2-8-15(17)19(24)21-12-14-7-5-11-26-14/h2-11,23H,12H2,1H3,(H,21,24)(H,22,25). The van der Waals surface area contributed by atoms with Crippen molar-refractivity contribution in [3.8, 4) is 5.75 Å². The van der Waals surface area contributed by atoms with Crippen molar-refractivity contribution in [1.29, 1.82) is 0 Å². The second-order valence-electron chi connectivity index (χ2n) is 5.73. The number of aryl methyl sites for hydroxylation is 1. The van der Waals surface area contributed by atoms with E-state index in [1.54, 1.807) is 55.5 Å². The first-order chi connectivity index (χ1) is 12.6. The molecule has 3 aromatic rings. The Labute approximate surface area is 150 Å². The fraction of sp³-hybridized carbons (Fsp3) is 0.100. The van der Waals surface area contributed by atoms with Crippen LogP contribution < -0.4 is 10.6 Å². The first-order valence-electron chi connectivity index (χ1n) is 8.06. The Morgan fingerprint density at radius 1 is 0.962 bits per heavy atom. The summed E-state index contributed by atoms with van der Waals surface area (Å²) in [6, 6.07) is 15.1. The molecule has 6 nitrogen and oxygen atoms in total. The summed E-state index contributed by atoms with van der Waals surface area (Å²) in [6.45, 7) is 1.95. The number of phenolic OH excluding ortho intramolecular Hbond substituents is 1. The summed E-state index contributed by atoms with van der Waals surface area (Å²) in [5.74, 6) is -0.280. The normalized spacial score (nSPS) is 10.3. The van der Waals surface area contributed by atoms with Crippen molar-refractivity contribution < 1.29 is 19.1 Å². The predicted octanol–water partition coefficient (Wildman–Crippen LogP) is 3.48. The molecule has 0 aliphatic rings. The molecule has 0 aliphatic carbocycles. The molecule has 0 unspecified atom stereocenters. The molecule has 26 heavy (non-hydrogen) atoms. The molecule has 0 bridgehead atoms. The van der Waals surface area contributed by atoms with E-state index < -0.39 is 5.91 Å². The molecule has 3 N–H and O–H groups in total. The summed E-state index contributed by atoms with van der Waals surface area (Å²) >= 11 is 0. The van der Waals surface area contributed by atoms with Crippen molar-refractivity contribution in [3.05, 3.63) is 83.3 Å². The number of furan rings is 1. The Morgan fingerprint density at radius 2 is 1.73 bits per heavy atom. The minimum absolute atomic E-state index is 0.0789. The van der Waals surface area contributed by atoms with Gasteiger partial charge in [0.25, 0.3) is 11.8 Å². The van der Waals surface area contributed by atoms with Gasteiger partial charge in [-0.1, -0.05) is 24.3 Å². The van der Waals surface area contributed by atoms with Gasteiger partial charge in [-0.3, -0.25) is 9.59 Å². The van der Waals surface area contributed by atoms with Crippen molar-refractivity contribution in [2.24, 2.45) is 0 Å². The maximum absolute atomic E-state index is 12.5. The quantitative estimate of drug-likeness (QED) is 0.657. The Morgan fingerprint density at radius 3 is 2.50 bits per heavy atom. The lowest BCUT2D eigenvalue weighted by molar-refractivity contribution is 0.0949. The van der Waals surface area contributed by atoms with E-state index in [1.165, 1.54) is 12.3 Å². The van der Waals surface area contributed by atoms with E-state index in [4.69, 9.17) is 4.42 Å². The van der Waals surface area contributed by atoms with Gasteiger partial charge in [0.1, 0.15) is 11.5 Å². The first kappa shape index (κ1) is 17.3. The fourth-order valence-corrected chi connectivity index (χ4v) is 2.50. The molecule has 3 rings (SSSR count). The monoisotopic (exact) mass is 350 g/mol. The summed E-state index contributed by atoms with van der Waals surface area (Å²) < 4.78 is 5.18. The Kier molecular flexibility index (Phi) is 5.03. The highest BCUT2D eigenvalue weighted by molar-refractivity contribution is 6.10. The summed E-state index contributed by atoms with van der Waals surface area (Å²) in [7, 11) is 0. The molecule has 0 radical (unpaired) electrons. The molecule has 0 spiro atoms. The zero-order valence-electron chi connectivity index (χ0n) is 14.2. The zero-order chi connectivity index (χ0) is 18.5. The third-order valence-corrected chi connectivity index (χ3v) is 3.91. The van der Waals surface area contributed by atoms with Crippen molar-refractivity contribution in [2.75, 3.05) is 5.32 Å². The second kappa shape index (κ2) is 7.57. The molecular weight excluding hydrogens is 332 g/mol. The molecule has 0 fully saturated rings. The summed E-state index contributed by atoms with van der Waals surface area (Å²) in [4.78, 5) is 24.9.